The van der Waals surface area contributed by atoms with Crippen LogP contribution in [0.15, 0.2) is 97.1 Å². The third kappa shape index (κ3) is 5.10. The molecule has 216 valence electrons. The Morgan fingerprint density at radius 3 is 0.952 bits per heavy atom. The minimum atomic E-state index is -0.391. The van der Waals surface area contributed by atoms with Crippen molar-refractivity contribution < 1.29 is 23.7 Å². The molecule has 4 aromatic rings. The molecule has 2 heterocycles. The zero-order chi connectivity index (χ0) is 29.2. The molecule has 7 nitrogen and oxygen atoms in total. The first-order valence-corrected chi connectivity index (χ1v) is 14.2. The quantitative estimate of drug-likeness (QED) is 0.272. The molecule has 2 aliphatic rings. The van der Waals surface area contributed by atoms with Crippen LogP contribution in [0.25, 0.3) is 0 Å². The molecule has 0 spiro atoms. The van der Waals surface area contributed by atoms with Crippen LogP contribution in [0.1, 0.15) is 46.4 Å². The number of carbonyl (C=O) groups is 1. The van der Waals surface area contributed by atoms with Gasteiger partial charge in [-0.05, 0) is 70.8 Å². The maximum atomic E-state index is 15.0. The molecule has 4 aromatic carbocycles. The van der Waals surface area contributed by atoms with Gasteiger partial charge in [0.1, 0.15) is 28.8 Å². The Bertz CT molecular complexity index is 1350. The molecule has 7 heteroatoms. The smallest absolute Gasteiger partial charge is 0.146 e. The largest absolute Gasteiger partial charge is 0.497 e. The maximum Gasteiger partial charge on any atom is 0.146 e. The minimum absolute atomic E-state index is 0.203. The average Bonchev–Trinajstić information content (AvgIpc) is 3.05. The molecule has 2 N–H and O–H groups in total. The van der Waals surface area contributed by atoms with Crippen molar-refractivity contribution in [2.24, 2.45) is 11.8 Å². The second-order valence-corrected chi connectivity index (χ2v) is 10.8. The van der Waals surface area contributed by atoms with E-state index in [4.69, 9.17) is 18.9 Å². The fraction of sp³-hybridized carbons (Fsp3) is 0.286. The van der Waals surface area contributed by atoms with E-state index >= 15 is 0 Å². The Kier molecular flexibility index (Phi) is 7.87. The molecule has 0 radical (unpaired) electrons. The Balaban J connectivity index is 1.54. The molecule has 0 amide bonds. The Morgan fingerprint density at radius 1 is 0.452 bits per heavy atom. The number of ether oxygens (including phenoxy) is 4. The second kappa shape index (κ2) is 11.9. The third-order valence-corrected chi connectivity index (χ3v) is 8.62. The summed E-state index contributed by atoms with van der Waals surface area (Å²) in [6.45, 7) is 0. The lowest BCUT2D eigenvalue weighted by Crippen LogP contribution is -2.60. The van der Waals surface area contributed by atoms with Crippen LogP contribution in [0.4, 0.5) is 0 Å². The van der Waals surface area contributed by atoms with E-state index in [1.165, 1.54) is 0 Å². The molecule has 0 aromatic heterocycles. The van der Waals surface area contributed by atoms with Gasteiger partial charge in [0.15, 0.2) is 0 Å². The van der Waals surface area contributed by atoms with Crippen LogP contribution in [-0.4, -0.2) is 34.2 Å². The van der Waals surface area contributed by atoms with Crippen molar-refractivity contribution >= 4 is 5.78 Å². The van der Waals surface area contributed by atoms with E-state index in [1.54, 1.807) is 28.4 Å². The third-order valence-electron chi connectivity index (χ3n) is 8.62. The molecule has 2 fully saturated rings. The van der Waals surface area contributed by atoms with Crippen molar-refractivity contribution in [1.29, 1.82) is 0 Å². The van der Waals surface area contributed by atoms with Crippen LogP contribution in [-0.2, 0) is 4.79 Å². The van der Waals surface area contributed by atoms with Gasteiger partial charge in [0.2, 0.25) is 0 Å². The summed E-state index contributed by atoms with van der Waals surface area (Å²) >= 11 is 0. The normalized spacial score (nSPS) is 25.0. The van der Waals surface area contributed by atoms with E-state index < -0.39 is 11.8 Å². The highest BCUT2D eigenvalue weighted by molar-refractivity contribution is 5.89. The van der Waals surface area contributed by atoms with E-state index in [-0.39, 0.29) is 30.0 Å². The molecule has 2 unspecified atom stereocenters. The van der Waals surface area contributed by atoms with Gasteiger partial charge in [-0.2, -0.15) is 0 Å². The highest BCUT2D eigenvalue weighted by Gasteiger charge is 2.55. The number of ketones is 1. The summed E-state index contributed by atoms with van der Waals surface area (Å²) < 4.78 is 22.3. The fourth-order valence-corrected chi connectivity index (χ4v) is 6.62. The maximum absolute atomic E-state index is 15.0. The van der Waals surface area contributed by atoms with Crippen molar-refractivity contribution in [3.63, 3.8) is 0 Å². The lowest BCUT2D eigenvalue weighted by Gasteiger charge is -2.52. The molecular formula is C35H36N2O5. The number of benzene rings is 4. The summed E-state index contributed by atoms with van der Waals surface area (Å²) in [5, 5.41) is 7.89. The zero-order valence-corrected chi connectivity index (χ0v) is 24.2. The van der Waals surface area contributed by atoms with E-state index in [0.717, 1.165) is 45.3 Å². The van der Waals surface area contributed by atoms with Crippen LogP contribution >= 0.6 is 0 Å². The van der Waals surface area contributed by atoms with Crippen molar-refractivity contribution in [3.05, 3.63) is 119 Å². The van der Waals surface area contributed by atoms with Crippen LogP contribution in [0.2, 0.25) is 0 Å². The van der Waals surface area contributed by atoms with Crippen LogP contribution in [0.3, 0.4) is 0 Å². The Morgan fingerprint density at radius 2 is 0.714 bits per heavy atom. The highest BCUT2D eigenvalue weighted by Crippen LogP contribution is 2.52. The van der Waals surface area contributed by atoms with E-state index in [0.29, 0.717) is 0 Å². The second-order valence-electron chi connectivity index (χ2n) is 10.8. The first-order chi connectivity index (χ1) is 20.5. The van der Waals surface area contributed by atoms with Crippen molar-refractivity contribution in [2.45, 2.75) is 24.2 Å². The first-order valence-electron chi connectivity index (χ1n) is 14.2. The molecular weight excluding hydrogens is 528 g/mol. The standard InChI is InChI=1S/C35H36N2O5/c1-39-25-13-5-9-21(17-25)31-29-32(22-10-6-14-26(18-22)40-2)37-34(24-12-8-16-28(20-24)42-4)30(35(29)38)33(36-31)23-11-7-15-27(19-23)41-3/h5-20,29-34,36-37H,1-4H3/t29?,30?,31-,32+,33-,34+. The molecule has 6 rings (SSSR count). The molecule has 2 aliphatic heterocycles. The number of fused-ring (bicyclic) bond motifs is 2. The van der Waals surface area contributed by atoms with Gasteiger partial charge in [0, 0.05) is 24.2 Å². The molecule has 42 heavy (non-hydrogen) atoms. The zero-order valence-electron chi connectivity index (χ0n) is 24.2. The van der Waals surface area contributed by atoms with Gasteiger partial charge in [-0.15, -0.1) is 0 Å². The monoisotopic (exact) mass is 564 g/mol. The summed E-state index contributed by atoms with van der Waals surface area (Å²) in [5.74, 6) is 2.41. The summed E-state index contributed by atoms with van der Waals surface area (Å²) in [6.07, 6.45) is 0. The molecule has 2 saturated heterocycles. The summed E-state index contributed by atoms with van der Waals surface area (Å²) in [7, 11) is 6.64. The minimum Gasteiger partial charge on any atom is -0.497 e. The molecule has 2 bridgehead atoms. The highest BCUT2D eigenvalue weighted by atomic mass is 16.5. The van der Waals surface area contributed by atoms with Gasteiger partial charge in [0.05, 0.1) is 40.3 Å². The van der Waals surface area contributed by atoms with E-state index in [1.807, 2.05) is 72.8 Å². The summed E-state index contributed by atoms with van der Waals surface area (Å²) in [5.41, 5.74) is 3.98. The number of hydrogen-bond donors (Lipinski definition) is 2. The van der Waals surface area contributed by atoms with Crippen molar-refractivity contribution in [3.8, 4) is 23.0 Å². The number of nitrogens with one attached hydrogen (secondary N) is 2. The number of methoxy groups -OCH3 is 4. The molecule has 6 atom stereocenters. The van der Waals surface area contributed by atoms with Crippen LogP contribution in [0.5, 0.6) is 23.0 Å². The number of piperidine rings is 2. The lowest BCUT2D eigenvalue weighted by atomic mass is 9.64. The molecule has 0 saturated carbocycles. The summed E-state index contributed by atoms with van der Waals surface area (Å²) in [4.78, 5) is 15.0. The van der Waals surface area contributed by atoms with E-state index in [2.05, 4.69) is 34.9 Å². The number of hydrogen-bond acceptors (Lipinski definition) is 7. The number of rotatable bonds is 8. The first kappa shape index (κ1) is 27.8. The van der Waals surface area contributed by atoms with Gasteiger partial charge in [-0.3, -0.25) is 4.79 Å². The molecule has 0 aliphatic carbocycles. The predicted molar refractivity (Wildman–Crippen MR) is 161 cm³/mol. The number of Topliss-reactive ketones (excluding diaryl/α,β-unsaturated/α-hetero) is 1. The Hall–Kier alpha value is -4.33. The van der Waals surface area contributed by atoms with Gasteiger partial charge in [0.25, 0.3) is 0 Å². The average molecular weight is 565 g/mol. The van der Waals surface area contributed by atoms with E-state index in [9.17, 15) is 4.79 Å². The topological polar surface area (TPSA) is 78.1 Å². The van der Waals surface area contributed by atoms with Gasteiger partial charge >= 0.3 is 0 Å². The van der Waals surface area contributed by atoms with Gasteiger partial charge < -0.3 is 29.6 Å². The lowest BCUT2D eigenvalue weighted by molar-refractivity contribution is -0.139. The van der Waals surface area contributed by atoms with Crippen molar-refractivity contribution in [2.75, 3.05) is 28.4 Å². The van der Waals surface area contributed by atoms with Crippen LogP contribution in [0, 0.1) is 11.8 Å². The summed E-state index contributed by atoms with van der Waals surface area (Å²) in [6, 6.07) is 30.8. The Labute approximate surface area is 246 Å². The number of carbonyl (C=O) groups excluding carboxylic acids is 1. The van der Waals surface area contributed by atoms with Crippen molar-refractivity contribution in [1.82, 2.24) is 10.6 Å². The SMILES string of the molecule is COc1cccc([C@H]2N[C@H](c3cccc(OC)c3)C3C(=O)C2[C@H](c2cccc(OC)c2)N[C@H]3c2cccc(OC)c2)c1. The van der Waals surface area contributed by atoms with Crippen LogP contribution < -0.4 is 29.6 Å². The van der Waals surface area contributed by atoms with Gasteiger partial charge in [-0.25, -0.2) is 0 Å². The fourth-order valence-electron chi connectivity index (χ4n) is 6.62. The van der Waals surface area contributed by atoms with Gasteiger partial charge in [-0.1, -0.05) is 48.5 Å². The predicted octanol–water partition coefficient (Wildman–Crippen LogP) is 5.99.